The molecule has 4 nitrogen and oxygen atoms in total. The average Bonchev–Trinajstić information content (AvgIpc) is 2.43. The number of halogens is 3. The topological polar surface area (TPSA) is 61.6 Å². The summed E-state index contributed by atoms with van der Waals surface area (Å²) in [6, 6.07) is 2.70. The van der Waals surface area contributed by atoms with E-state index >= 15 is 0 Å². The molecule has 0 bridgehead atoms. The van der Waals surface area contributed by atoms with Crippen LogP contribution in [0.3, 0.4) is 0 Å². The summed E-state index contributed by atoms with van der Waals surface area (Å²) < 4.78 is 37.5. The molecule has 0 fully saturated rings. The molecule has 1 aromatic carbocycles. The Hall–Kier alpha value is -1.73. The highest BCUT2D eigenvalue weighted by Crippen LogP contribution is 2.36. The molecule has 0 saturated heterocycles. The highest BCUT2D eigenvalue weighted by molar-refractivity contribution is 6.43. The third kappa shape index (κ3) is 1.33. The predicted octanol–water partition coefficient (Wildman–Crippen LogP) is 0.442. The van der Waals surface area contributed by atoms with E-state index in [9.17, 15) is 28.0 Å². The summed E-state index contributed by atoms with van der Waals surface area (Å²) in [6.07, 6.45) is -4.76. The number of nitrogens with one attached hydrogen (secondary N) is 1. The summed E-state index contributed by atoms with van der Waals surface area (Å²) in [4.78, 5) is 22.1. The predicted molar refractivity (Wildman–Crippen MR) is 44.8 cm³/mol. The first-order chi connectivity index (χ1) is 7.34. The number of carbonyl (C=O) groups is 2. The van der Waals surface area contributed by atoms with Gasteiger partial charge in [-0.15, -0.1) is 0 Å². The number of hydroxylamine groups is 1. The number of alkyl halides is 3. The molecule has 1 heterocycles. The van der Waals surface area contributed by atoms with Gasteiger partial charge in [0.25, 0.3) is 5.78 Å². The number of ketones is 1. The summed E-state index contributed by atoms with van der Waals surface area (Å²) in [7, 11) is 0. The lowest BCUT2D eigenvalue weighted by molar-refractivity contribution is -0.681. The molecule has 7 heteroatoms. The van der Waals surface area contributed by atoms with Crippen LogP contribution in [-0.2, 0) is 11.0 Å². The van der Waals surface area contributed by atoms with Gasteiger partial charge in [0.2, 0.25) is 0 Å². The summed E-state index contributed by atoms with van der Waals surface area (Å²) in [5, 5.41) is 9.82. The second kappa shape index (κ2) is 3.13. The van der Waals surface area contributed by atoms with Gasteiger partial charge in [-0.2, -0.15) is 13.2 Å². The van der Waals surface area contributed by atoms with Crippen molar-refractivity contribution >= 4 is 17.4 Å². The summed E-state index contributed by atoms with van der Waals surface area (Å²) in [5.41, 5.74) is -2.54. The SMILES string of the molecule is O=C1C(=O)[NH+]([O-])c2c1cccc2C(F)(F)F. The molecule has 16 heavy (non-hydrogen) atoms. The van der Waals surface area contributed by atoms with Crippen LogP contribution in [-0.4, -0.2) is 11.7 Å². The zero-order chi connectivity index (χ0) is 12.1. The molecular weight excluding hydrogens is 227 g/mol. The third-order valence-corrected chi connectivity index (χ3v) is 2.25. The number of carbonyl (C=O) groups excluding carboxylic acids is 2. The van der Waals surface area contributed by atoms with Gasteiger partial charge in [-0.3, -0.25) is 9.86 Å². The number of Topliss-reactive ketones (excluding diaryl/α,β-unsaturated/α-hetero) is 1. The first kappa shape index (κ1) is 10.8. The molecule has 1 aliphatic rings. The lowest BCUT2D eigenvalue weighted by Gasteiger charge is -2.16. The van der Waals surface area contributed by atoms with Gasteiger partial charge in [-0.25, -0.2) is 4.79 Å². The highest BCUT2D eigenvalue weighted by Gasteiger charge is 2.45. The van der Waals surface area contributed by atoms with Gasteiger partial charge in [0, 0.05) is 0 Å². The van der Waals surface area contributed by atoms with Crippen LogP contribution < -0.4 is 5.06 Å². The van der Waals surface area contributed by atoms with Gasteiger partial charge in [0.05, 0.1) is 5.56 Å². The average molecular weight is 231 g/mol. The second-order valence-corrected chi connectivity index (χ2v) is 3.21. The molecule has 1 aromatic rings. The second-order valence-electron chi connectivity index (χ2n) is 3.21. The molecule has 2 rings (SSSR count). The number of benzene rings is 1. The first-order valence-electron chi connectivity index (χ1n) is 4.17. The van der Waals surface area contributed by atoms with Crippen molar-refractivity contribution in [3.8, 4) is 0 Å². The Bertz CT molecular complexity index is 495. The maximum absolute atomic E-state index is 12.5. The fraction of sp³-hybridized carbons (Fsp3) is 0.111. The first-order valence-corrected chi connectivity index (χ1v) is 4.17. The molecule has 1 unspecified atom stereocenters. The maximum Gasteiger partial charge on any atom is 0.422 e. The van der Waals surface area contributed by atoms with Crippen molar-refractivity contribution in [3.63, 3.8) is 0 Å². The largest absolute Gasteiger partial charge is 0.621 e. The highest BCUT2D eigenvalue weighted by atomic mass is 19.4. The molecule has 1 amide bonds. The number of fused-ring (bicyclic) bond motifs is 1. The molecule has 0 aliphatic carbocycles. The summed E-state index contributed by atoms with van der Waals surface area (Å²) in [6.45, 7) is 0. The van der Waals surface area contributed by atoms with E-state index in [-0.39, 0.29) is 0 Å². The number of para-hydroxylation sites is 1. The normalized spacial score (nSPS) is 20.1. The Morgan fingerprint density at radius 3 is 2.38 bits per heavy atom. The molecule has 0 aromatic heterocycles. The monoisotopic (exact) mass is 231 g/mol. The van der Waals surface area contributed by atoms with E-state index in [1.165, 1.54) is 0 Å². The zero-order valence-electron chi connectivity index (χ0n) is 7.59. The van der Waals surface area contributed by atoms with E-state index in [0.29, 0.717) is 6.07 Å². The minimum Gasteiger partial charge on any atom is -0.621 e. The quantitative estimate of drug-likeness (QED) is 0.520. The maximum atomic E-state index is 12.5. The number of quaternary nitrogens is 1. The lowest BCUT2D eigenvalue weighted by atomic mass is 10.1. The van der Waals surface area contributed by atoms with Crippen LogP contribution in [0.5, 0.6) is 0 Å². The van der Waals surface area contributed by atoms with Crippen LogP contribution in [0.4, 0.5) is 18.9 Å². The van der Waals surface area contributed by atoms with Gasteiger partial charge < -0.3 is 5.21 Å². The van der Waals surface area contributed by atoms with Crippen molar-refractivity contribution < 1.29 is 27.8 Å². The van der Waals surface area contributed by atoms with Crippen LogP contribution >= 0.6 is 0 Å². The van der Waals surface area contributed by atoms with Crippen LogP contribution in [0, 0.1) is 5.21 Å². The zero-order valence-corrected chi connectivity index (χ0v) is 7.59. The van der Waals surface area contributed by atoms with Crippen molar-refractivity contribution in [1.82, 2.24) is 0 Å². The van der Waals surface area contributed by atoms with Crippen molar-refractivity contribution in [2.24, 2.45) is 0 Å². The van der Waals surface area contributed by atoms with Gasteiger partial charge in [-0.05, 0) is 12.1 Å². The molecule has 1 aliphatic heterocycles. The minimum atomic E-state index is -4.76. The van der Waals surface area contributed by atoms with Gasteiger partial charge in [0.1, 0.15) is 5.56 Å². The van der Waals surface area contributed by atoms with Gasteiger partial charge in [0.15, 0.2) is 5.69 Å². The Labute approximate surface area is 86.8 Å². The van der Waals surface area contributed by atoms with Crippen LogP contribution in [0.1, 0.15) is 15.9 Å². The molecule has 1 atom stereocenters. The molecular formula is C9H4F3NO3. The van der Waals surface area contributed by atoms with E-state index in [0.717, 1.165) is 12.1 Å². The van der Waals surface area contributed by atoms with Crippen LogP contribution in [0.15, 0.2) is 18.2 Å². The van der Waals surface area contributed by atoms with Crippen molar-refractivity contribution in [1.29, 1.82) is 0 Å². The molecule has 1 N–H and O–H groups in total. The summed E-state index contributed by atoms with van der Waals surface area (Å²) in [5.74, 6) is -2.59. The molecule has 0 spiro atoms. The number of rotatable bonds is 0. The van der Waals surface area contributed by atoms with Gasteiger partial charge in [-0.1, -0.05) is 6.07 Å². The minimum absolute atomic E-state index is 0.468. The fourth-order valence-corrected chi connectivity index (χ4v) is 1.56. The Morgan fingerprint density at radius 2 is 1.81 bits per heavy atom. The third-order valence-electron chi connectivity index (χ3n) is 2.25. The number of hydrogen-bond donors (Lipinski definition) is 1. The van der Waals surface area contributed by atoms with E-state index in [1.807, 2.05) is 0 Å². The van der Waals surface area contributed by atoms with Crippen molar-refractivity contribution in [3.05, 3.63) is 34.5 Å². The number of amides is 1. The van der Waals surface area contributed by atoms with Crippen molar-refractivity contribution in [2.45, 2.75) is 6.18 Å². The van der Waals surface area contributed by atoms with E-state index in [4.69, 9.17) is 0 Å². The molecule has 84 valence electrons. The standard InChI is InChI=1S/C9H4F3NO3/c10-9(11,12)5-3-1-2-4-6(5)13(16)8(15)7(4)14/h1-3,13H. The van der Waals surface area contributed by atoms with Crippen LogP contribution in [0.2, 0.25) is 0 Å². The number of hydrogen-bond acceptors (Lipinski definition) is 3. The van der Waals surface area contributed by atoms with Gasteiger partial charge >= 0.3 is 12.1 Å². The molecule has 0 radical (unpaired) electrons. The summed E-state index contributed by atoms with van der Waals surface area (Å²) >= 11 is 0. The van der Waals surface area contributed by atoms with E-state index < -0.39 is 39.7 Å². The van der Waals surface area contributed by atoms with Crippen LogP contribution in [0.25, 0.3) is 0 Å². The fourth-order valence-electron chi connectivity index (χ4n) is 1.56. The Kier molecular flexibility index (Phi) is 2.11. The van der Waals surface area contributed by atoms with E-state index in [2.05, 4.69) is 0 Å². The molecule has 0 saturated carbocycles. The Morgan fingerprint density at radius 1 is 1.19 bits per heavy atom. The Balaban J connectivity index is 2.72. The van der Waals surface area contributed by atoms with E-state index in [1.54, 1.807) is 0 Å². The lowest BCUT2D eigenvalue weighted by Crippen LogP contribution is -3.04. The smallest absolute Gasteiger partial charge is 0.422 e. The van der Waals surface area contributed by atoms with Crippen molar-refractivity contribution in [2.75, 3.05) is 0 Å².